The molecule has 1 fully saturated rings. The zero-order valence-corrected chi connectivity index (χ0v) is 9.54. The van der Waals surface area contributed by atoms with Crippen molar-refractivity contribution < 1.29 is 9.84 Å². The average Bonchev–Trinajstić information content (AvgIpc) is 2.19. The van der Waals surface area contributed by atoms with Crippen molar-refractivity contribution in [1.82, 2.24) is 0 Å². The van der Waals surface area contributed by atoms with Crippen LogP contribution in [-0.2, 0) is 4.74 Å². The summed E-state index contributed by atoms with van der Waals surface area (Å²) >= 11 is 0. The van der Waals surface area contributed by atoms with Gasteiger partial charge in [-0.1, -0.05) is 26.7 Å². The van der Waals surface area contributed by atoms with Crippen LogP contribution in [0.1, 0.15) is 52.4 Å². The summed E-state index contributed by atoms with van der Waals surface area (Å²) in [5.41, 5.74) is 0. The van der Waals surface area contributed by atoms with Crippen LogP contribution in [-0.4, -0.2) is 23.9 Å². The van der Waals surface area contributed by atoms with Crippen LogP contribution in [0.3, 0.4) is 0 Å². The van der Waals surface area contributed by atoms with E-state index in [4.69, 9.17) is 4.74 Å². The first-order chi connectivity index (χ1) is 6.77. The predicted octanol–water partition coefficient (Wildman–Crippen LogP) is 2.74. The van der Waals surface area contributed by atoms with Crippen molar-refractivity contribution in [2.24, 2.45) is 5.92 Å². The van der Waals surface area contributed by atoms with Gasteiger partial charge in [-0.2, -0.15) is 0 Å². The highest BCUT2D eigenvalue weighted by Gasteiger charge is 2.28. The Bertz CT molecular complexity index is 147. The van der Waals surface area contributed by atoms with Crippen molar-refractivity contribution in [2.45, 2.75) is 64.6 Å². The molecule has 0 aromatic rings. The van der Waals surface area contributed by atoms with Crippen molar-refractivity contribution in [2.75, 3.05) is 6.61 Å². The maximum absolute atomic E-state index is 9.76. The molecule has 0 heterocycles. The zero-order chi connectivity index (χ0) is 10.4. The van der Waals surface area contributed by atoms with Crippen LogP contribution in [0.25, 0.3) is 0 Å². The fraction of sp³-hybridized carbons (Fsp3) is 1.00. The Morgan fingerprint density at radius 2 is 2.00 bits per heavy atom. The van der Waals surface area contributed by atoms with Gasteiger partial charge >= 0.3 is 0 Å². The molecule has 2 heteroatoms. The normalized spacial score (nSPS) is 33.2. The van der Waals surface area contributed by atoms with E-state index >= 15 is 0 Å². The molecule has 0 saturated heterocycles. The van der Waals surface area contributed by atoms with Gasteiger partial charge in [-0.25, -0.2) is 0 Å². The topological polar surface area (TPSA) is 29.5 Å². The molecule has 0 radical (unpaired) electrons. The predicted molar refractivity (Wildman–Crippen MR) is 58.3 cm³/mol. The molecule has 0 aromatic heterocycles. The Balaban J connectivity index is 2.30. The molecule has 1 saturated carbocycles. The summed E-state index contributed by atoms with van der Waals surface area (Å²) < 4.78 is 5.67. The Labute approximate surface area is 87.7 Å². The molecule has 14 heavy (non-hydrogen) atoms. The minimum Gasteiger partial charge on any atom is -0.390 e. The summed E-state index contributed by atoms with van der Waals surface area (Å²) in [6.45, 7) is 5.13. The maximum atomic E-state index is 9.76. The van der Waals surface area contributed by atoms with Crippen LogP contribution in [0.4, 0.5) is 0 Å². The Morgan fingerprint density at radius 1 is 1.21 bits per heavy atom. The molecular formula is C12H24O2. The highest BCUT2D eigenvalue weighted by Crippen LogP contribution is 2.29. The summed E-state index contributed by atoms with van der Waals surface area (Å²) in [7, 11) is 0. The quantitative estimate of drug-likeness (QED) is 0.739. The van der Waals surface area contributed by atoms with Gasteiger partial charge < -0.3 is 9.84 Å². The highest BCUT2D eigenvalue weighted by atomic mass is 16.5. The number of rotatable bonds is 5. The number of hydrogen-bond acceptors (Lipinski definition) is 2. The van der Waals surface area contributed by atoms with E-state index in [9.17, 15) is 5.11 Å². The standard InChI is InChI=1S/C12H24O2/c1-3-5-10-6-7-11(13)12(9-10)14-8-4-2/h10-13H,3-9H2,1-2H3. The summed E-state index contributed by atoms with van der Waals surface area (Å²) in [4.78, 5) is 0. The van der Waals surface area contributed by atoms with Gasteiger partial charge in [0, 0.05) is 6.61 Å². The van der Waals surface area contributed by atoms with Gasteiger partial charge in [-0.15, -0.1) is 0 Å². The summed E-state index contributed by atoms with van der Waals surface area (Å²) in [5.74, 6) is 0.783. The first-order valence-corrected chi connectivity index (χ1v) is 6.07. The van der Waals surface area contributed by atoms with E-state index in [1.807, 2.05) is 0 Å². The van der Waals surface area contributed by atoms with E-state index in [0.29, 0.717) is 0 Å². The second-order valence-electron chi connectivity index (χ2n) is 4.44. The molecule has 0 amide bonds. The molecule has 3 atom stereocenters. The first-order valence-electron chi connectivity index (χ1n) is 6.07. The number of hydrogen-bond donors (Lipinski definition) is 1. The lowest BCUT2D eigenvalue weighted by atomic mass is 9.83. The minimum absolute atomic E-state index is 0.111. The molecule has 0 aromatic carbocycles. The Morgan fingerprint density at radius 3 is 2.64 bits per heavy atom. The molecule has 0 spiro atoms. The lowest BCUT2D eigenvalue weighted by Gasteiger charge is -2.33. The van der Waals surface area contributed by atoms with Crippen molar-refractivity contribution in [3.05, 3.63) is 0 Å². The van der Waals surface area contributed by atoms with E-state index in [1.165, 1.54) is 19.3 Å². The lowest BCUT2D eigenvalue weighted by Crippen LogP contribution is -2.36. The molecule has 1 aliphatic rings. The van der Waals surface area contributed by atoms with Gasteiger partial charge in [0.25, 0.3) is 0 Å². The van der Waals surface area contributed by atoms with Crippen molar-refractivity contribution in [3.8, 4) is 0 Å². The molecule has 84 valence electrons. The lowest BCUT2D eigenvalue weighted by molar-refractivity contribution is -0.0718. The Kier molecular flexibility index (Phi) is 5.49. The van der Waals surface area contributed by atoms with Crippen LogP contribution >= 0.6 is 0 Å². The Hall–Kier alpha value is -0.0800. The molecule has 1 rings (SSSR count). The van der Waals surface area contributed by atoms with Crippen LogP contribution in [0.15, 0.2) is 0 Å². The number of ether oxygens (including phenoxy) is 1. The highest BCUT2D eigenvalue weighted by molar-refractivity contribution is 4.80. The monoisotopic (exact) mass is 200 g/mol. The van der Waals surface area contributed by atoms with Gasteiger partial charge in [-0.05, 0) is 31.6 Å². The van der Waals surface area contributed by atoms with E-state index < -0.39 is 0 Å². The molecule has 2 nitrogen and oxygen atoms in total. The van der Waals surface area contributed by atoms with Crippen LogP contribution in [0, 0.1) is 5.92 Å². The van der Waals surface area contributed by atoms with Gasteiger partial charge in [0.1, 0.15) is 0 Å². The first kappa shape index (κ1) is 12.0. The SMILES string of the molecule is CCCOC1CC(CCC)CCC1O. The van der Waals surface area contributed by atoms with Gasteiger partial charge in [-0.3, -0.25) is 0 Å². The van der Waals surface area contributed by atoms with E-state index in [2.05, 4.69) is 13.8 Å². The van der Waals surface area contributed by atoms with Gasteiger partial charge in [0.05, 0.1) is 12.2 Å². The molecular weight excluding hydrogens is 176 g/mol. The fourth-order valence-electron chi connectivity index (χ4n) is 2.31. The summed E-state index contributed by atoms with van der Waals surface area (Å²) in [5, 5.41) is 9.76. The third-order valence-corrected chi connectivity index (χ3v) is 3.10. The molecule has 3 unspecified atom stereocenters. The third kappa shape index (κ3) is 3.58. The zero-order valence-electron chi connectivity index (χ0n) is 9.54. The molecule has 1 N–H and O–H groups in total. The maximum Gasteiger partial charge on any atom is 0.0836 e. The number of aliphatic hydroxyl groups excluding tert-OH is 1. The molecule has 1 aliphatic carbocycles. The minimum atomic E-state index is -0.213. The second kappa shape index (κ2) is 6.41. The van der Waals surface area contributed by atoms with Gasteiger partial charge in [0.15, 0.2) is 0 Å². The molecule has 0 aliphatic heterocycles. The summed E-state index contributed by atoms with van der Waals surface area (Å²) in [6, 6.07) is 0. The van der Waals surface area contributed by atoms with Crippen LogP contribution in [0.2, 0.25) is 0 Å². The van der Waals surface area contributed by atoms with E-state index in [-0.39, 0.29) is 12.2 Å². The van der Waals surface area contributed by atoms with Crippen molar-refractivity contribution in [3.63, 3.8) is 0 Å². The molecule has 0 bridgehead atoms. The third-order valence-electron chi connectivity index (χ3n) is 3.10. The second-order valence-corrected chi connectivity index (χ2v) is 4.44. The van der Waals surface area contributed by atoms with Crippen molar-refractivity contribution in [1.29, 1.82) is 0 Å². The van der Waals surface area contributed by atoms with Crippen LogP contribution in [0.5, 0.6) is 0 Å². The summed E-state index contributed by atoms with van der Waals surface area (Å²) in [6.07, 6.45) is 6.66. The van der Waals surface area contributed by atoms with E-state index in [0.717, 1.165) is 31.8 Å². The van der Waals surface area contributed by atoms with Crippen LogP contribution < -0.4 is 0 Å². The smallest absolute Gasteiger partial charge is 0.0836 e. The van der Waals surface area contributed by atoms with Gasteiger partial charge in [0.2, 0.25) is 0 Å². The largest absolute Gasteiger partial charge is 0.390 e. The van der Waals surface area contributed by atoms with Crippen molar-refractivity contribution >= 4 is 0 Å². The fourth-order valence-corrected chi connectivity index (χ4v) is 2.31. The van der Waals surface area contributed by atoms with E-state index in [1.54, 1.807) is 0 Å². The number of aliphatic hydroxyl groups is 1. The average molecular weight is 200 g/mol.